The third-order valence-electron chi connectivity index (χ3n) is 13.6. The summed E-state index contributed by atoms with van der Waals surface area (Å²) in [7, 11) is 0. The van der Waals surface area contributed by atoms with Gasteiger partial charge in [0.1, 0.15) is 6.10 Å². The van der Waals surface area contributed by atoms with Gasteiger partial charge >= 0.3 is 5.97 Å². The van der Waals surface area contributed by atoms with Gasteiger partial charge in [0.25, 0.3) is 0 Å². The number of carbonyl (C=O) groups excluding carboxylic acids is 2. The van der Waals surface area contributed by atoms with Gasteiger partial charge < -0.3 is 20.3 Å². The molecule has 3 unspecified atom stereocenters. The zero-order chi connectivity index (χ0) is 49.5. The number of hydrogen-bond donors (Lipinski definition) is 3. The predicted octanol–water partition coefficient (Wildman–Crippen LogP) is 18.6. The molecular formula is C62H115NO5. The fourth-order valence-corrected chi connectivity index (χ4v) is 9.08. The third-order valence-corrected chi connectivity index (χ3v) is 13.6. The van der Waals surface area contributed by atoms with Crippen LogP contribution in [0.25, 0.3) is 0 Å². The predicted molar refractivity (Wildman–Crippen MR) is 296 cm³/mol. The van der Waals surface area contributed by atoms with Gasteiger partial charge in [0.05, 0.1) is 25.2 Å². The topological polar surface area (TPSA) is 95.9 Å². The summed E-state index contributed by atoms with van der Waals surface area (Å²) in [6.07, 6.45) is 68.9. The molecule has 0 heterocycles. The average Bonchev–Trinajstić information content (AvgIpc) is 3.33. The molecule has 0 aliphatic heterocycles. The molecule has 1 amide bonds. The van der Waals surface area contributed by atoms with Gasteiger partial charge in [-0.05, 0) is 89.9 Å². The molecule has 0 aliphatic carbocycles. The maximum Gasteiger partial charge on any atom is 0.306 e. The molecule has 3 N–H and O–H groups in total. The van der Waals surface area contributed by atoms with Crippen molar-refractivity contribution in [1.29, 1.82) is 0 Å². The van der Waals surface area contributed by atoms with Crippen LogP contribution in [0, 0.1) is 0 Å². The lowest BCUT2D eigenvalue weighted by Crippen LogP contribution is -2.46. The van der Waals surface area contributed by atoms with Gasteiger partial charge in [0.2, 0.25) is 5.91 Å². The Morgan fingerprint density at radius 3 is 1.15 bits per heavy atom. The number of rotatable bonds is 54. The van der Waals surface area contributed by atoms with Gasteiger partial charge in [-0.1, -0.05) is 256 Å². The minimum Gasteiger partial charge on any atom is -0.462 e. The van der Waals surface area contributed by atoms with E-state index in [-0.39, 0.29) is 24.9 Å². The lowest BCUT2D eigenvalue weighted by atomic mass is 10.0. The number of esters is 1. The molecule has 6 nitrogen and oxygen atoms in total. The number of unbranched alkanes of at least 4 members (excludes halogenated alkanes) is 34. The Hall–Kier alpha value is -2.18. The fraction of sp³-hybridized carbons (Fsp3) is 0.839. The summed E-state index contributed by atoms with van der Waals surface area (Å²) in [5, 5.41) is 23.9. The molecule has 0 spiro atoms. The normalized spacial score (nSPS) is 13.4. The number of allylic oxidation sites excluding steroid dienone is 8. The van der Waals surface area contributed by atoms with Crippen molar-refractivity contribution < 1.29 is 24.5 Å². The van der Waals surface area contributed by atoms with Crippen molar-refractivity contribution in [2.24, 2.45) is 0 Å². The molecule has 0 aromatic carbocycles. The first-order valence-electron chi connectivity index (χ1n) is 29.9. The van der Waals surface area contributed by atoms with Crippen LogP contribution in [0.1, 0.15) is 310 Å². The van der Waals surface area contributed by atoms with Crippen molar-refractivity contribution >= 4 is 11.9 Å². The van der Waals surface area contributed by atoms with Crippen molar-refractivity contribution in [3.63, 3.8) is 0 Å². The summed E-state index contributed by atoms with van der Waals surface area (Å²) in [6, 6.07) is -0.709. The molecule has 68 heavy (non-hydrogen) atoms. The van der Waals surface area contributed by atoms with Crippen LogP contribution in [0.2, 0.25) is 0 Å². The van der Waals surface area contributed by atoms with Crippen LogP contribution in [-0.4, -0.2) is 46.9 Å². The number of nitrogens with one attached hydrogen (secondary N) is 1. The molecule has 0 bridgehead atoms. The summed E-state index contributed by atoms with van der Waals surface area (Å²) >= 11 is 0. The summed E-state index contributed by atoms with van der Waals surface area (Å²) in [5.41, 5.74) is 0. The van der Waals surface area contributed by atoms with Crippen LogP contribution in [-0.2, 0) is 14.3 Å². The largest absolute Gasteiger partial charge is 0.462 e. The third kappa shape index (κ3) is 50.2. The first-order valence-corrected chi connectivity index (χ1v) is 29.9. The Labute approximate surface area is 423 Å². The van der Waals surface area contributed by atoms with Crippen molar-refractivity contribution in [1.82, 2.24) is 5.32 Å². The molecular weight excluding hydrogens is 839 g/mol. The Morgan fingerprint density at radius 2 is 0.750 bits per heavy atom. The monoisotopic (exact) mass is 954 g/mol. The summed E-state index contributed by atoms with van der Waals surface area (Å²) in [6.45, 7) is 6.46. The molecule has 0 aromatic heterocycles. The van der Waals surface area contributed by atoms with Crippen molar-refractivity contribution in [2.45, 2.75) is 328 Å². The van der Waals surface area contributed by atoms with Gasteiger partial charge in [-0.15, -0.1) is 0 Å². The van der Waals surface area contributed by atoms with E-state index in [1.54, 1.807) is 0 Å². The maximum absolute atomic E-state index is 13.3. The number of hydrogen-bond acceptors (Lipinski definition) is 5. The molecule has 6 heteroatoms. The highest BCUT2D eigenvalue weighted by Gasteiger charge is 2.24. The number of aliphatic hydroxyl groups excluding tert-OH is 2. The van der Waals surface area contributed by atoms with Crippen LogP contribution in [0.3, 0.4) is 0 Å². The molecule has 0 saturated heterocycles. The van der Waals surface area contributed by atoms with E-state index in [1.165, 1.54) is 180 Å². The van der Waals surface area contributed by atoms with Gasteiger partial charge in [0.15, 0.2) is 0 Å². The second-order valence-corrected chi connectivity index (χ2v) is 20.4. The summed E-state index contributed by atoms with van der Waals surface area (Å²) < 4.78 is 5.96. The molecule has 0 radical (unpaired) electrons. The molecule has 0 fully saturated rings. The van der Waals surface area contributed by atoms with Gasteiger partial charge in [-0.2, -0.15) is 0 Å². The number of carbonyl (C=O) groups is 2. The van der Waals surface area contributed by atoms with Crippen LogP contribution < -0.4 is 5.32 Å². The average molecular weight is 955 g/mol. The van der Waals surface area contributed by atoms with E-state index in [2.05, 4.69) is 74.7 Å². The first kappa shape index (κ1) is 65.8. The minimum atomic E-state index is -0.794. The van der Waals surface area contributed by atoms with Crippen LogP contribution >= 0.6 is 0 Å². The molecule has 3 atom stereocenters. The Kier molecular flexibility index (Phi) is 54.0. The lowest BCUT2D eigenvalue weighted by molar-refractivity contribution is -0.151. The van der Waals surface area contributed by atoms with Crippen molar-refractivity contribution in [3.05, 3.63) is 48.6 Å². The zero-order valence-corrected chi connectivity index (χ0v) is 45.5. The fourth-order valence-electron chi connectivity index (χ4n) is 9.08. The van der Waals surface area contributed by atoms with Crippen LogP contribution in [0.15, 0.2) is 48.6 Å². The number of aliphatic hydroxyl groups is 2. The quantitative estimate of drug-likeness (QED) is 0.0321. The second-order valence-electron chi connectivity index (χ2n) is 20.4. The van der Waals surface area contributed by atoms with Gasteiger partial charge in [-0.25, -0.2) is 0 Å². The smallest absolute Gasteiger partial charge is 0.306 e. The van der Waals surface area contributed by atoms with E-state index in [1.807, 2.05) is 0 Å². The maximum atomic E-state index is 13.3. The summed E-state index contributed by atoms with van der Waals surface area (Å²) in [5.74, 6) is -0.485. The molecule has 0 aliphatic rings. The SMILES string of the molecule is CCCCC/C=C\C/C=C\CCCCCCCCCC(=O)OC(CCCCCCC/C=C\C/C=C\CCCCC)CC(=O)NC(CO)C(O)CCCCCCCCCCCCCCCCCCC. The second kappa shape index (κ2) is 55.7. The van der Waals surface area contributed by atoms with Crippen molar-refractivity contribution in [2.75, 3.05) is 6.61 Å². The molecule has 0 aromatic rings. The highest BCUT2D eigenvalue weighted by Crippen LogP contribution is 2.18. The Bertz CT molecular complexity index is 1160. The summed E-state index contributed by atoms with van der Waals surface area (Å²) in [4.78, 5) is 26.3. The van der Waals surface area contributed by atoms with E-state index in [4.69, 9.17) is 4.74 Å². The number of ether oxygens (including phenoxy) is 1. The Balaban J connectivity index is 4.55. The molecule has 0 saturated carbocycles. The lowest BCUT2D eigenvalue weighted by Gasteiger charge is -2.24. The standard InChI is InChI=1S/C62H115NO5/c1-4-7-10-13-16-19-22-25-28-30-33-36-39-42-45-48-51-54-60(65)59(57-64)63-61(66)56-58(53-50-47-44-41-38-35-32-27-24-21-18-15-12-9-6-3)68-62(67)55-52-49-46-43-40-37-34-31-29-26-23-20-17-14-11-8-5-2/h17-18,20-21,26-27,29,32,58-60,64-65H,4-16,19,22-25,28,30-31,33-57H2,1-3H3,(H,63,66)/b20-17-,21-18-,29-26-,32-27-. The van der Waals surface area contributed by atoms with Crippen LogP contribution in [0.4, 0.5) is 0 Å². The van der Waals surface area contributed by atoms with E-state index in [9.17, 15) is 19.8 Å². The minimum absolute atomic E-state index is 0.0663. The molecule has 398 valence electrons. The van der Waals surface area contributed by atoms with E-state index < -0.39 is 18.2 Å². The molecule has 0 rings (SSSR count). The van der Waals surface area contributed by atoms with E-state index in [0.29, 0.717) is 19.3 Å². The zero-order valence-electron chi connectivity index (χ0n) is 45.5. The number of amides is 1. The van der Waals surface area contributed by atoms with Gasteiger partial charge in [0, 0.05) is 6.42 Å². The van der Waals surface area contributed by atoms with E-state index in [0.717, 1.165) is 83.5 Å². The highest BCUT2D eigenvalue weighted by molar-refractivity contribution is 5.77. The van der Waals surface area contributed by atoms with Gasteiger partial charge in [-0.3, -0.25) is 9.59 Å². The highest BCUT2D eigenvalue weighted by atomic mass is 16.5. The van der Waals surface area contributed by atoms with Crippen LogP contribution in [0.5, 0.6) is 0 Å². The van der Waals surface area contributed by atoms with Crippen molar-refractivity contribution in [3.8, 4) is 0 Å². The Morgan fingerprint density at radius 1 is 0.426 bits per heavy atom. The van der Waals surface area contributed by atoms with E-state index >= 15 is 0 Å². The first-order chi connectivity index (χ1) is 33.5.